The summed E-state index contributed by atoms with van der Waals surface area (Å²) in [6, 6.07) is 3.68. The predicted molar refractivity (Wildman–Crippen MR) is 116 cm³/mol. The van der Waals surface area contributed by atoms with Crippen LogP contribution in [0, 0.1) is 6.92 Å². The molecule has 0 bridgehead atoms. The maximum atomic E-state index is 12.8. The smallest absolute Gasteiger partial charge is 0.280 e. The molecule has 0 atom stereocenters. The summed E-state index contributed by atoms with van der Waals surface area (Å²) in [5.41, 5.74) is 12.1. The second-order valence-electron chi connectivity index (χ2n) is 7.62. The van der Waals surface area contributed by atoms with Gasteiger partial charge in [0, 0.05) is 19.3 Å². The highest BCUT2D eigenvalue weighted by molar-refractivity contribution is 6.31. The van der Waals surface area contributed by atoms with Crippen molar-refractivity contribution in [2.45, 2.75) is 25.3 Å². The number of nitrogens with one attached hydrogen (secondary N) is 2. The van der Waals surface area contributed by atoms with E-state index in [4.69, 9.17) is 23.1 Å². The van der Waals surface area contributed by atoms with E-state index in [9.17, 15) is 9.59 Å². The van der Waals surface area contributed by atoms with Crippen molar-refractivity contribution in [3.63, 3.8) is 0 Å². The number of pyridine rings is 1. The number of halogens is 1. The fourth-order valence-electron chi connectivity index (χ4n) is 3.69. The summed E-state index contributed by atoms with van der Waals surface area (Å²) in [6.45, 7) is 3.48. The number of nitrogens with two attached hydrogens (primary N) is 2. The zero-order chi connectivity index (χ0) is 22.2. The van der Waals surface area contributed by atoms with Crippen LogP contribution in [0.5, 0.6) is 0 Å². The Balaban J connectivity index is 1.36. The molecule has 0 saturated carbocycles. The molecule has 2 aromatic rings. The maximum Gasteiger partial charge on any atom is 0.280 e. The molecule has 1 spiro atoms. The average molecular weight is 444 g/mol. The highest BCUT2D eigenvalue weighted by Crippen LogP contribution is 2.27. The van der Waals surface area contributed by atoms with Crippen LogP contribution >= 0.6 is 11.6 Å². The van der Waals surface area contributed by atoms with E-state index in [0.29, 0.717) is 44.1 Å². The standard InChI is InChI=1S/C19H22ClN9O2/c1-10-3-2-6-23-11(10)17(31)29-7-4-19(5-8-29)9-24-18(28-19)27-16(30)12-14(21)26-15(22)13(20)25-12/h2-3,6H,4-5,7-9H2,1H3,(H4,21,22,26)(H2,24,27,28,30). The molecule has 1 fully saturated rings. The highest BCUT2D eigenvalue weighted by atomic mass is 35.5. The van der Waals surface area contributed by atoms with E-state index in [1.807, 2.05) is 19.1 Å². The molecular formula is C19H22ClN9O2. The molecule has 4 heterocycles. The second-order valence-corrected chi connectivity index (χ2v) is 7.98. The molecule has 6 N–H and O–H groups in total. The number of aryl methyl sites for hydroxylation is 1. The lowest BCUT2D eigenvalue weighted by atomic mass is 9.88. The minimum Gasteiger partial charge on any atom is -0.382 e. The third-order valence-corrected chi connectivity index (χ3v) is 5.77. The predicted octanol–water partition coefficient (Wildman–Crippen LogP) is 0.362. The minimum absolute atomic E-state index is 0.0480. The van der Waals surface area contributed by atoms with Crippen LogP contribution in [0.15, 0.2) is 23.3 Å². The molecule has 2 amide bonds. The van der Waals surface area contributed by atoms with Crippen LogP contribution in [0.1, 0.15) is 39.4 Å². The Kier molecular flexibility index (Phi) is 5.36. The van der Waals surface area contributed by atoms with E-state index in [1.54, 1.807) is 11.1 Å². The quantitative estimate of drug-likeness (QED) is 0.516. The number of carbonyl (C=O) groups excluding carboxylic acids is 2. The summed E-state index contributed by atoms with van der Waals surface area (Å²) in [5.74, 6) is -0.514. The molecule has 1 saturated heterocycles. The maximum absolute atomic E-state index is 12.8. The summed E-state index contributed by atoms with van der Waals surface area (Å²) >= 11 is 5.84. The lowest BCUT2D eigenvalue weighted by Crippen LogP contribution is -2.57. The van der Waals surface area contributed by atoms with Crippen molar-refractivity contribution in [1.29, 1.82) is 0 Å². The van der Waals surface area contributed by atoms with Crippen LogP contribution < -0.4 is 22.1 Å². The van der Waals surface area contributed by atoms with Crippen molar-refractivity contribution in [2.75, 3.05) is 31.1 Å². The number of rotatable bonds is 2. The van der Waals surface area contributed by atoms with Crippen molar-refractivity contribution >= 4 is 41.0 Å². The molecule has 2 aromatic heterocycles. The number of nitrogen functional groups attached to an aromatic ring is 2. The molecule has 12 heteroatoms. The number of hydrogen-bond donors (Lipinski definition) is 4. The van der Waals surface area contributed by atoms with Gasteiger partial charge in [0.1, 0.15) is 5.69 Å². The van der Waals surface area contributed by atoms with Crippen LogP contribution in [-0.4, -0.2) is 62.8 Å². The van der Waals surface area contributed by atoms with Gasteiger partial charge in [-0.05, 0) is 31.4 Å². The Morgan fingerprint density at radius 1 is 1.19 bits per heavy atom. The molecular weight excluding hydrogens is 422 g/mol. The van der Waals surface area contributed by atoms with Gasteiger partial charge in [0.25, 0.3) is 11.8 Å². The molecule has 31 heavy (non-hydrogen) atoms. The minimum atomic E-state index is -0.589. The van der Waals surface area contributed by atoms with Gasteiger partial charge in [0.2, 0.25) is 0 Å². The molecule has 0 aromatic carbocycles. The van der Waals surface area contributed by atoms with E-state index in [-0.39, 0.29) is 33.9 Å². The van der Waals surface area contributed by atoms with E-state index < -0.39 is 5.91 Å². The number of aliphatic imine (C=N–C) groups is 1. The molecule has 0 radical (unpaired) electrons. The van der Waals surface area contributed by atoms with E-state index in [1.165, 1.54) is 0 Å². The van der Waals surface area contributed by atoms with Gasteiger partial charge < -0.3 is 21.7 Å². The first-order valence-electron chi connectivity index (χ1n) is 9.71. The van der Waals surface area contributed by atoms with Crippen molar-refractivity contribution in [3.8, 4) is 0 Å². The van der Waals surface area contributed by atoms with Gasteiger partial charge in [0.05, 0.1) is 12.1 Å². The number of guanidine groups is 1. The summed E-state index contributed by atoms with van der Waals surface area (Å²) in [4.78, 5) is 43.4. The number of hydrogen-bond acceptors (Lipinski definition) is 9. The third-order valence-electron chi connectivity index (χ3n) is 5.50. The van der Waals surface area contributed by atoms with Crippen molar-refractivity contribution in [1.82, 2.24) is 30.5 Å². The number of piperidine rings is 1. The first-order valence-corrected chi connectivity index (χ1v) is 10.1. The van der Waals surface area contributed by atoms with Crippen LogP contribution in [0.25, 0.3) is 0 Å². The Morgan fingerprint density at radius 2 is 1.94 bits per heavy atom. The van der Waals surface area contributed by atoms with E-state index in [2.05, 4.69) is 30.6 Å². The largest absolute Gasteiger partial charge is 0.382 e. The van der Waals surface area contributed by atoms with Gasteiger partial charge >= 0.3 is 0 Å². The normalized spacial score (nSPS) is 17.2. The first-order chi connectivity index (χ1) is 14.8. The lowest BCUT2D eigenvalue weighted by Gasteiger charge is -2.39. The zero-order valence-corrected chi connectivity index (χ0v) is 17.6. The lowest BCUT2D eigenvalue weighted by molar-refractivity contribution is 0.0662. The van der Waals surface area contributed by atoms with Gasteiger partial charge in [-0.1, -0.05) is 17.7 Å². The number of aromatic nitrogens is 3. The molecule has 2 aliphatic heterocycles. The van der Waals surface area contributed by atoms with E-state index >= 15 is 0 Å². The Morgan fingerprint density at radius 3 is 2.65 bits per heavy atom. The summed E-state index contributed by atoms with van der Waals surface area (Å²) in [5, 5.41) is 5.83. The number of amides is 2. The molecule has 11 nitrogen and oxygen atoms in total. The third kappa shape index (κ3) is 4.08. The van der Waals surface area contributed by atoms with Crippen molar-refractivity contribution in [3.05, 3.63) is 40.4 Å². The zero-order valence-electron chi connectivity index (χ0n) is 16.9. The SMILES string of the molecule is Cc1cccnc1C(=O)N1CCC2(CC1)CN=C(NC(=O)c1nc(Cl)c(N)nc1N)N2. The van der Waals surface area contributed by atoms with Crippen molar-refractivity contribution in [2.24, 2.45) is 4.99 Å². The summed E-state index contributed by atoms with van der Waals surface area (Å²) < 4.78 is 0. The molecule has 2 aliphatic rings. The Hall–Kier alpha value is -3.47. The topological polar surface area (TPSA) is 165 Å². The van der Waals surface area contributed by atoms with Crippen molar-refractivity contribution < 1.29 is 9.59 Å². The van der Waals surface area contributed by atoms with Crippen LogP contribution in [0.3, 0.4) is 0 Å². The first kappa shape index (κ1) is 20.8. The Bertz CT molecular complexity index is 1080. The summed E-state index contributed by atoms with van der Waals surface area (Å²) in [7, 11) is 0. The van der Waals surface area contributed by atoms with Crippen LogP contribution in [-0.2, 0) is 0 Å². The van der Waals surface area contributed by atoms with Gasteiger partial charge in [0.15, 0.2) is 28.4 Å². The van der Waals surface area contributed by atoms with Gasteiger partial charge in [-0.25, -0.2) is 9.97 Å². The molecule has 162 valence electrons. The fourth-order valence-corrected chi connectivity index (χ4v) is 3.81. The second kappa shape index (κ2) is 7.99. The average Bonchev–Trinajstić information content (AvgIpc) is 3.13. The molecule has 0 aliphatic carbocycles. The Labute approximate surface area is 183 Å². The van der Waals surface area contributed by atoms with Gasteiger partial charge in [-0.15, -0.1) is 0 Å². The van der Waals surface area contributed by atoms with Gasteiger partial charge in [-0.3, -0.25) is 24.9 Å². The molecule has 4 rings (SSSR count). The van der Waals surface area contributed by atoms with Crippen LogP contribution in [0.4, 0.5) is 11.6 Å². The monoisotopic (exact) mass is 443 g/mol. The molecule has 0 unspecified atom stereocenters. The summed E-state index contributed by atoms with van der Waals surface area (Å²) in [6.07, 6.45) is 2.99. The number of likely N-dealkylation sites (tertiary alicyclic amines) is 1. The number of nitrogens with zero attached hydrogens (tertiary/aromatic N) is 5. The number of carbonyl (C=O) groups is 2. The van der Waals surface area contributed by atoms with Crippen LogP contribution in [0.2, 0.25) is 5.15 Å². The van der Waals surface area contributed by atoms with Gasteiger partial charge in [-0.2, -0.15) is 0 Å². The fraction of sp³-hybridized carbons (Fsp3) is 0.368. The number of anilines is 2. The van der Waals surface area contributed by atoms with E-state index in [0.717, 1.165) is 5.56 Å². The highest BCUT2D eigenvalue weighted by Gasteiger charge is 2.40.